The standard InChI is InChI=1S/C10H10ClFN2O3/c11-7-2-1-6(5-8(7)12)9(15)14-3-4-17-10(13)16/h1-2,5H,3-4H2,(H2,13,16)(H,14,15). The van der Waals surface area contributed by atoms with E-state index in [1.54, 1.807) is 0 Å². The highest BCUT2D eigenvalue weighted by atomic mass is 35.5. The van der Waals surface area contributed by atoms with Crippen LogP contribution in [0.25, 0.3) is 0 Å². The van der Waals surface area contributed by atoms with Gasteiger partial charge in [0.15, 0.2) is 0 Å². The quantitative estimate of drug-likeness (QED) is 0.801. The third-order valence-electron chi connectivity index (χ3n) is 1.81. The van der Waals surface area contributed by atoms with Crippen LogP contribution >= 0.6 is 11.6 Å². The van der Waals surface area contributed by atoms with Gasteiger partial charge in [0.1, 0.15) is 12.4 Å². The lowest BCUT2D eigenvalue weighted by molar-refractivity contribution is 0.0936. The van der Waals surface area contributed by atoms with Gasteiger partial charge in [0.05, 0.1) is 11.6 Å². The fourth-order valence-electron chi connectivity index (χ4n) is 1.06. The second-order valence-electron chi connectivity index (χ2n) is 3.05. The van der Waals surface area contributed by atoms with Crippen LogP contribution in [0.4, 0.5) is 9.18 Å². The zero-order chi connectivity index (χ0) is 12.8. The Morgan fingerprint density at radius 1 is 1.47 bits per heavy atom. The summed E-state index contributed by atoms with van der Waals surface area (Å²) < 4.78 is 17.4. The number of nitrogens with one attached hydrogen (secondary N) is 1. The molecule has 0 heterocycles. The average Bonchev–Trinajstić information content (AvgIpc) is 2.27. The third-order valence-corrected chi connectivity index (χ3v) is 2.12. The van der Waals surface area contributed by atoms with Crippen molar-refractivity contribution in [1.82, 2.24) is 5.32 Å². The predicted octanol–water partition coefficient (Wildman–Crippen LogP) is 1.30. The van der Waals surface area contributed by atoms with E-state index in [9.17, 15) is 14.0 Å². The number of amides is 2. The van der Waals surface area contributed by atoms with Crippen LogP contribution in [0.1, 0.15) is 10.4 Å². The first kappa shape index (κ1) is 13.2. The zero-order valence-electron chi connectivity index (χ0n) is 8.70. The monoisotopic (exact) mass is 260 g/mol. The smallest absolute Gasteiger partial charge is 0.404 e. The summed E-state index contributed by atoms with van der Waals surface area (Å²) in [5.74, 6) is -1.17. The molecule has 0 bridgehead atoms. The molecule has 1 rings (SSSR count). The van der Waals surface area contributed by atoms with Crippen LogP contribution in [0.2, 0.25) is 5.02 Å². The minimum atomic E-state index is -0.920. The molecule has 0 saturated heterocycles. The summed E-state index contributed by atoms with van der Waals surface area (Å²) >= 11 is 5.47. The molecule has 3 N–H and O–H groups in total. The molecule has 0 aliphatic rings. The van der Waals surface area contributed by atoms with Crippen LogP contribution < -0.4 is 11.1 Å². The van der Waals surface area contributed by atoms with Gasteiger partial charge in [-0.15, -0.1) is 0 Å². The normalized spacial score (nSPS) is 9.76. The Balaban J connectivity index is 2.47. The molecule has 1 aromatic carbocycles. The third kappa shape index (κ3) is 4.28. The SMILES string of the molecule is NC(=O)OCCNC(=O)c1ccc(Cl)c(F)c1. The maximum atomic E-state index is 13.0. The van der Waals surface area contributed by atoms with Crippen molar-refractivity contribution < 1.29 is 18.7 Å². The number of benzene rings is 1. The van der Waals surface area contributed by atoms with Crippen LogP contribution in [-0.2, 0) is 4.74 Å². The number of hydrogen-bond donors (Lipinski definition) is 2. The van der Waals surface area contributed by atoms with Gasteiger partial charge >= 0.3 is 6.09 Å². The molecule has 0 saturated carbocycles. The lowest BCUT2D eigenvalue weighted by Crippen LogP contribution is -2.29. The summed E-state index contributed by atoms with van der Waals surface area (Å²) in [6.45, 7) is 0.0448. The number of carbonyl (C=O) groups excluding carboxylic acids is 2. The number of hydrogen-bond acceptors (Lipinski definition) is 3. The number of primary amides is 1. The molecule has 5 nitrogen and oxygen atoms in total. The summed E-state index contributed by atoms with van der Waals surface area (Å²) in [7, 11) is 0. The maximum Gasteiger partial charge on any atom is 0.404 e. The molecular weight excluding hydrogens is 251 g/mol. The van der Waals surface area contributed by atoms with Crippen molar-refractivity contribution in [2.45, 2.75) is 0 Å². The minimum Gasteiger partial charge on any atom is -0.448 e. The number of ether oxygens (including phenoxy) is 1. The molecule has 92 valence electrons. The van der Waals surface area contributed by atoms with Crippen LogP contribution in [-0.4, -0.2) is 25.2 Å². The molecule has 17 heavy (non-hydrogen) atoms. The van der Waals surface area contributed by atoms with E-state index in [0.29, 0.717) is 0 Å². The summed E-state index contributed by atoms with van der Waals surface area (Å²) in [4.78, 5) is 21.7. The summed E-state index contributed by atoms with van der Waals surface area (Å²) in [6, 6.07) is 3.69. The van der Waals surface area contributed by atoms with E-state index in [-0.39, 0.29) is 23.7 Å². The van der Waals surface area contributed by atoms with Gasteiger partial charge in [-0.2, -0.15) is 0 Å². The maximum absolute atomic E-state index is 13.0. The van der Waals surface area contributed by atoms with Gasteiger partial charge in [-0.1, -0.05) is 11.6 Å². The van der Waals surface area contributed by atoms with E-state index in [1.807, 2.05) is 0 Å². The fourth-order valence-corrected chi connectivity index (χ4v) is 1.17. The van der Waals surface area contributed by atoms with E-state index in [0.717, 1.165) is 6.07 Å². The second kappa shape index (κ2) is 6.05. The van der Waals surface area contributed by atoms with E-state index in [1.165, 1.54) is 12.1 Å². The predicted molar refractivity (Wildman–Crippen MR) is 59.3 cm³/mol. The van der Waals surface area contributed by atoms with Gasteiger partial charge in [-0.05, 0) is 18.2 Å². The molecule has 0 aliphatic heterocycles. The van der Waals surface area contributed by atoms with Gasteiger partial charge in [0, 0.05) is 5.56 Å². The van der Waals surface area contributed by atoms with Crippen molar-refractivity contribution in [2.24, 2.45) is 5.73 Å². The molecular formula is C10H10ClFN2O3. The minimum absolute atomic E-state index is 0.0445. The Morgan fingerprint density at radius 3 is 2.76 bits per heavy atom. The molecule has 0 radical (unpaired) electrons. The topological polar surface area (TPSA) is 81.4 Å². The van der Waals surface area contributed by atoms with Crippen molar-refractivity contribution in [3.63, 3.8) is 0 Å². The van der Waals surface area contributed by atoms with E-state index in [4.69, 9.17) is 17.3 Å². The molecule has 0 aromatic heterocycles. The van der Waals surface area contributed by atoms with Gasteiger partial charge in [0.2, 0.25) is 0 Å². The van der Waals surface area contributed by atoms with Crippen molar-refractivity contribution >= 4 is 23.6 Å². The van der Waals surface area contributed by atoms with Crippen molar-refractivity contribution in [1.29, 1.82) is 0 Å². The Bertz CT molecular complexity index is 440. The van der Waals surface area contributed by atoms with Crippen LogP contribution in [0.3, 0.4) is 0 Å². The summed E-state index contributed by atoms with van der Waals surface area (Å²) in [5, 5.41) is 2.36. The summed E-state index contributed by atoms with van der Waals surface area (Å²) in [5.41, 5.74) is 4.85. The Morgan fingerprint density at radius 2 is 2.18 bits per heavy atom. The van der Waals surface area contributed by atoms with Gasteiger partial charge in [-0.3, -0.25) is 4.79 Å². The van der Waals surface area contributed by atoms with Gasteiger partial charge in [-0.25, -0.2) is 9.18 Å². The Labute approximate surface area is 102 Å². The number of carbonyl (C=O) groups is 2. The van der Waals surface area contributed by atoms with E-state index >= 15 is 0 Å². The molecule has 0 spiro atoms. The van der Waals surface area contributed by atoms with Crippen molar-refractivity contribution in [3.05, 3.63) is 34.6 Å². The zero-order valence-corrected chi connectivity index (χ0v) is 9.46. The Hall–Kier alpha value is -1.82. The molecule has 1 aromatic rings. The first-order valence-corrected chi connectivity index (χ1v) is 5.04. The van der Waals surface area contributed by atoms with Crippen molar-refractivity contribution in [2.75, 3.05) is 13.2 Å². The lowest BCUT2D eigenvalue weighted by atomic mass is 10.2. The van der Waals surface area contributed by atoms with Crippen LogP contribution in [0.15, 0.2) is 18.2 Å². The number of halogens is 2. The number of rotatable bonds is 4. The molecule has 0 atom stereocenters. The average molecular weight is 261 g/mol. The van der Waals surface area contributed by atoms with Gasteiger partial charge in [0.25, 0.3) is 5.91 Å². The molecule has 0 unspecified atom stereocenters. The summed E-state index contributed by atoms with van der Waals surface area (Å²) in [6.07, 6.45) is -0.920. The fraction of sp³-hybridized carbons (Fsp3) is 0.200. The highest BCUT2D eigenvalue weighted by molar-refractivity contribution is 6.30. The largest absolute Gasteiger partial charge is 0.448 e. The first-order valence-electron chi connectivity index (χ1n) is 4.66. The highest BCUT2D eigenvalue weighted by Crippen LogP contribution is 2.15. The van der Waals surface area contributed by atoms with E-state index < -0.39 is 17.8 Å². The lowest BCUT2D eigenvalue weighted by Gasteiger charge is -2.05. The molecule has 7 heteroatoms. The molecule has 0 fully saturated rings. The van der Waals surface area contributed by atoms with Crippen LogP contribution in [0.5, 0.6) is 0 Å². The van der Waals surface area contributed by atoms with Gasteiger partial charge < -0.3 is 15.8 Å². The number of nitrogens with two attached hydrogens (primary N) is 1. The highest BCUT2D eigenvalue weighted by Gasteiger charge is 2.08. The van der Waals surface area contributed by atoms with Crippen LogP contribution in [0, 0.1) is 5.82 Å². The first-order chi connectivity index (χ1) is 8.00. The Kier molecular flexibility index (Phi) is 4.71. The second-order valence-corrected chi connectivity index (χ2v) is 3.46. The van der Waals surface area contributed by atoms with Crippen molar-refractivity contribution in [3.8, 4) is 0 Å². The molecule has 0 aliphatic carbocycles. The van der Waals surface area contributed by atoms with E-state index in [2.05, 4.69) is 10.1 Å². The molecule has 2 amide bonds.